The fourth-order valence-corrected chi connectivity index (χ4v) is 12.0. The zero-order valence-corrected chi connectivity index (χ0v) is 28.2. The summed E-state index contributed by atoms with van der Waals surface area (Å²) in [6.45, 7) is 11.8. The minimum absolute atomic E-state index is 0. The molecule has 2 atom stereocenters. The maximum Gasteiger partial charge on any atom is -1.00 e. The quantitative estimate of drug-likeness (QED) is 0.302. The molecule has 0 radical (unpaired) electrons. The molecule has 39 heavy (non-hydrogen) atoms. The second-order valence-corrected chi connectivity index (χ2v) is 17.2. The van der Waals surface area contributed by atoms with Crippen molar-refractivity contribution in [1.29, 1.82) is 0 Å². The largest absolute Gasteiger partial charge is 1.00 e. The molecule has 0 N–H and O–H groups in total. The number of halogens is 2. The summed E-state index contributed by atoms with van der Waals surface area (Å²) in [6, 6.07) is 26.4. The van der Waals surface area contributed by atoms with Crippen LogP contribution in [-0.4, -0.2) is 12.6 Å². The van der Waals surface area contributed by atoms with E-state index in [1.807, 2.05) is 0 Å². The molecular weight excluding hydrogens is 613 g/mol. The van der Waals surface area contributed by atoms with Gasteiger partial charge in [0.1, 0.15) is 0 Å². The van der Waals surface area contributed by atoms with Crippen molar-refractivity contribution < 1.29 is 49.5 Å². The first-order chi connectivity index (χ1) is 17.8. The Bertz CT molecular complexity index is 1560. The van der Waals surface area contributed by atoms with Crippen molar-refractivity contribution in [2.45, 2.75) is 49.5 Å². The van der Waals surface area contributed by atoms with Gasteiger partial charge in [0.05, 0.1) is 8.07 Å². The van der Waals surface area contributed by atoms with Crippen LogP contribution in [0.25, 0.3) is 28.1 Å². The van der Waals surface area contributed by atoms with Crippen LogP contribution in [-0.2, 0) is 31.1 Å². The summed E-state index contributed by atoms with van der Waals surface area (Å²) in [6.07, 6.45) is 8.17. The summed E-state index contributed by atoms with van der Waals surface area (Å²) in [4.78, 5) is 0. The number of aryl methyl sites for hydroxylation is 1. The Morgan fingerprint density at radius 2 is 1.49 bits per heavy atom. The number of benzene rings is 3. The summed E-state index contributed by atoms with van der Waals surface area (Å²) >= 11 is 1.59. The maximum absolute atomic E-state index is 2.51. The van der Waals surface area contributed by atoms with E-state index >= 15 is 0 Å². The third-order valence-corrected chi connectivity index (χ3v) is 14.7. The van der Waals surface area contributed by atoms with Crippen molar-refractivity contribution in [2.24, 2.45) is 0 Å². The molecule has 5 heteroatoms. The molecule has 8 rings (SSSR count). The normalized spacial score (nSPS) is 19.0. The fraction of sp³-hybridized carbons (Fsp3) is 0.235. The minimum Gasteiger partial charge on any atom is -1.00 e. The molecule has 1 nitrogen and oxygen atoms in total. The average Bonchev–Trinajstić information content (AvgIpc) is 3.59. The first kappa shape index (κ1) is 30.1. The third-order valence-electron chi connectivity index (χ3n) is 8.64. The van der Waals surface area contributed by atoms with Crippen molar-refractivity contribution in [3.63, 3.8) is 0 Å². The number of hydrogen-bond acceptors (Lipinski definition) is 0. The predicted octanol–water partition coefficient (Wildman–Crippen LogP) is 3.08. The molecule has 2 bridgehead atoms. The summed E-state index contributed by atoms with van der Waals surface area (Å²) < 4.78 is 2.94. The van der Waals surface area contributed by atoms with Crippen LogP contribution in [0, 0.1) is 0 Å². The van der Waals surface area contributed by atoms with E-state index in [4.69, 9.17) is 0 Å². The van der Waals surface area contributed by atoms with Gasteiger partial charge in [0.2, 0.25) is 0 Å². The van der Waals surface area contributed by atoms with Crippen molar-refractivity contribution >= 4 is 19.3 Å². The van der Waals surface area contributed by atoms with E-state index in [2.05, 4.69) is 130 Å². The SMILES string of the molecule is CC1=C2c3cn(-c4ccccc4)cc3C1[Si]2(C)C.CCc1ccc(-c2cccc3c2C=C(C)[CH]3[Zr+2])cc1.[Cl-].[Cl-]. The Morgan fingerprint density at radius 3 is 2.10 bits per heavy atom. The van der Waals surface area contributed by atoms with Gasteiger partial charge in [-0.25, -0.2) is 0 Å². The van der Waals surface area contributed by atoms with Gasteiger partial charge in [-0.3, -0.25) is 0 Å². The number of hydrogen-bond donors (Lipinski definition) is 0. The van der Waals surface area contributed by atoms with Gasteiger partial charge in [-0.05, 0) is 30.2 Å². The van der Waals surface area contributed by atoms with E-state index in [0.29, 0.717) is 3.63 Å². The van der Waals surface area contributed by atoms with Crippen LogP contribution in [0.3, 0.4) is 0 Å². The number of para-hydroxylation sites is 1. The summed E-state index contributed by atoms with van der Waals surface area (Å²) in [5.41, 5.74) is 15.4. The molecule has 4 aliphatic rings. The second-order valence-electron chi connectivity index (χ2n) is 11.3. The van der Waals surface area contributed by atoms with Crippen LogP contribution in [0.5, 0.6) is 0 Å². The molecule has 2 aliphatic carbocycles. The molecule has 2 aliphatic heterocycles. The van der Waals surface area contributed by atoms with Crippen molar-refractivity contribution in [3.8, 4) is 16.8 Å². The molecule has 0 saturated heterocycles. The molecule has 1 aromatic heterocycles. The standard InChI is InChI=1S/C18H17.C16H17NSi.2ClH.Zr/c1-3-14-7-9-15(10-8-14)17-6-4-5-16-11-13(2)12-18(16)17;1-11-15-13-9-17(12-7-5-4-6-8-12)10-14(13)16(11)18(15,2)3;;;/h4-12H,3H2,1-2H3;4-10,15H,1-3H3;2*1H;/q;;;;+2/p-2. The van der Waals surface area contributed by atoms with E-state index in [-0.39, 0.29) is 24.8 Å². The fourth-order valence-electron chi connectivity index (χ4n) is 6.82. The molecule has 0 amide bonds. The Labute approximate surface area is 262 Å². The summed E-state index contributed by atoms with van der Waals surface area (Å²) in [7, 11) is -1.12. The van der Waals surface area contributed by atoms with Gasteiger partial charge in [0.25, 0.3) is 0 Å². The number of nitrogens with zero attached hydrogens (tertiary/aromatic N) is 1. The van der Waals surface area contributed by atoms with Crippen molar-refractivity contribution in [1.82, 2.24) is 4.57 Å². The molecule has 4 aromatic rings. The van der Waals surface area contributed by atoms with Crippen LogP contribution < -0.4 is 24.8 Å². The monoisotopic (exact) mass is 644 g/mol. The Hall–Kier alpha value is -1.90. The van der Waals surface area contributed by atoms with Crippen LogP contribution in [0.2, 0.25) is 13.1 Å². The molecule has 3 heterocycles. The number of allylic oxidation sites excluding steroid dienone is 2. The van der Waals surface area contributed by atoms with Crippen molar-refractivity contribution in [2.75, 3.05) is 0 Å². The summed E-state index contributed by atoms with van der Waals surface area (Å²) in [5, 5.41) is 1.72. The zero-order chi connectivity index (χ0) is 25.9. The second kappa shape index (κ2) is 11.5. The van der Waals surface area contributed by atoms with Gasteiger partial charge in [0.15, 0.2) is 0 Å². The van der Waals surface area contributed by atoms with Gasteiger partial charge < -0.3 is 29.4 Å². The van der Waals surface area contributed by atoms with Crippen LogP contribution in [0.4, 0.5) is 0 Å². The minimum atomic E-state index is -1.12. The first-order valence-electron chi connectivity index (χ1n) is 13.4. The third kappa shape index (κ3) is 4.95. The van der Waals surface area contributed by atoms with E-state index < -0.39 is 8.07 Å². The average molecular weight is 647 g/mol. The van der Waals surface area contributed by atoms with Gasteiger partial charge in [-0.2, -0.15) is 0 Å². The van der Waals surface area contributed by atoms with Gasteiger partial charge in [-0.15, -0.1) is 0 Å². The zero-order valence-electron chi connectivity index (χ0n) is 23.2. The number of rotatable bonds is 3. The van der Waals surface area contributed by atoms with Crippen LogP contribution >= 0.6 is 0 Å². The molecule has 0 saturated carbocycles. The van der Waals surface area contributed by atoms with Gasteiger partial charge >= 0.3 is 131 Å². The molecule has 2 unspecified atom stereocenters. The van der Waals surface area contributed by atoms with Gasteiger partial charge in [-0.1, -0.05) is 42.1 Å². The van der Waals surface area contributed by atoms with E-state index in [9.17, 15) is 0 Å². The molecule has 0 spiro atoms. The Kier molecular flexibility index (Phi) is 8.89. The van der Waals surface area contributed by atoms with E-state index in [1.54, 1.807) is 41.1 Å². The Balaban J connectivity index is 0.000000172. The summed E-state index contributed by atoms with van der Waals surface area (Å²) in [5.74, 6) is 0. The number of fused-ring (bicyclic) bond motifs is 1. The molecule has 3 aromatic carbocycles. The Morgan fingerprint density at radius 1 is 0.795 bits per heavy atom. The molecule has 197 valence electrons. The topological polar surface area (TPSA) is 4.93 Å². The van der Waals surface area contributed by atoms with Crippen molar-refractivity contribution in [3.05, 3.63) is 124 Å². The van der Waals surface area contributed by atoms with Crippen LogP contribution in [0.15, 0.2) is 96.3 Å². The molecule has 0 fully saturated rings. The molecular formula is C34H34Cl2NSiZr. The predicted molar refractivity (Wildman–Crippen MR) is 156 cm³/mol. The first-order valence-corrected chi connectivity index (χ1v) is 17.9. The van der Waals surface area contributed by atoms with E-state index in [1.165, 1.54) is 44.6 Å². The van der Waals surface area contributed by atoms with Crippen LogP contribution in [0.1, 0.15) is 57.8 Å². The maximum atomic E-state index is 2.51. The van der Waals surface area contributed by atoms with E-state index in [0.717, 1.165) is 12.0 Å². The smallest absolute Gasteiger partial charge is 1.00 e. The number of aromatic nitrogens is 1. The van der Waals surface area contributed by atoms with Gasteiger partial charge in [0, 0.05) is 23.6 Å².